The first kappa shape index (κ1) is 13.4. The van der Waals surface area contributed by atoms with Crippen LogP contribution < -0.4 is 10.6 Å². The number of nitrogens with one attached hydrogen (secondary N) is 2. The minimum Gasteiger partial charge on any atom is -0.508 e. The van der Waals surface area contributed by atoms with E-state index in [0.717, 1.165) is 44.3 Å². The van der Waals surface area contributed by atoms with E-state index in [-0.39, 0.29) is 17.4 Å². The molecule has 0 radical (unpaired) electrons. The molecule has 3 rings (SSSR count). The molecule has 1 saturated heterocycles. The number of rotatable bonds is 2. The fourth-order valence-corrected chi connectivity index (χ4v) is 3.38. The molecule has 1 aromatic rings. The molecule has 1 aliphatic heterocycles. The van der Waals surface area contributed by atoms with Gasteiger partial charge in [0.25, 0.3) is 5.91 Å². The zero-order valence-corrected chi connectivity index (χ0v) is 11.2. The summed E-state index contributed by atoms with van der Waals surface area (Å²) in [6.45, 7) is 2.10. The van der Waals surface area contributed by atoms with Crippen LogP contribution in [0.3, 0.4) is 0 Å². The smallest absolute Gasteiger partial charge is 0.254 e. The highest BCUT2D eigenvalue weighted by atomic mass is 19.1. The molecule has 1 aliphatic carbocycles. The summed E-state index contributed by atoms with van der Waals surface area (Å²) in [5.41, 5.74) is -0.00512. The third-order valence-corrected chi connectivity index (χ3v) is 4.49. The van der Waals surface area contributed by atoms with Gasteiger partial charge in [0.2, 0.25) is 0 Å². The second kappa shape index (κ2) is 5.40. The number of hydrogen-bond acceptors (Lipinski definition) is 3. The van der Waals surface area contributed by atoms with Gasteiger partial charge in [0.15, 0.2) is 0 Å². The molecule has 3 N–H and O–H groups in total. The molecule has 1 aromatic carbocycles. The minimum absolute atomic E-state index is 0.00512. The number of hydrogen-bond donors (Lipinski definition) is 3. The number of fused-ring (bicyclic) bond motifs is 1. The van der Waals surface area contributed by atoms with Crippen molar-refractivity contribution in [2.24, 2.45) is 11.8 Å². The Morgan fingerprint density at radius 2 is 2.10 bits per heavy atom. The molecule has 20 heavy (non-hydrogen) atoms. The summed E-state index contributed by atoms with van der Waals surface area (Å²) in [7, 11) is 0. The van der Waals surface area contributed by atoms with Crippen LogP contribution in [-0.4, -0.2) is 30.1 Å². The topological polar surface area (TPSA) is 61.4 Å². The van der Waals surface area contributed by atoms with Gasteiger partial charge < -0.3 is 15.7 Å². The quantitative estimate of drug-likeness (QED) is 0.771. The fraction of sp³-hybridized carbons (Fsp3) is 0.533. The lowest BCUT2D eigenvalue weighted by molar-refractivity contribution is 0.0909. The zero-order valence-electron chi connectivity index (χ0n) is 11.2. The molecule has 4 nitrogen and oxygen atoms in total. The number of phenols is 1. The van der Waals surface area contributed by atoms with Crippen LogP contribution in [0.2, 0.25) is 0 Å². The van der Waals surface area contributed by atoms with Crippen molar-refractivity contribution in [2.45, 2.75) is 25.3 Å². The van der Waals surface area contributed by atoms with Crippen molar-refractivity contribution in [2.75, 3.05) is 13.1 Å². The third kappa shape index (κ3) is 2.63. The summed E-state index contributed by atoms with van der Waals surface area (Å²) in [6.07, 6.45) is 3.03. The number of amides is 1. The lowest BCUT2D eigenvalue weighted by atomic mass is 9.79. The standard InChI is InChI=1S/C15H19FN2O2/c16-14-6-12(19)3-4-13(14)15(20)18-11-2-1-9-7-17-8-10(9)5-11/h3-4,6,9-11,17,19H,1-2,5,7-8H2,(H,18,20)/t9-,10+,11?/m0/s1. The molecule has 0 spiro atoms. The first-order chi connectivity index (χ1) is 9.63. The number of halogens is 1. The Morgan fingerprint density at radius 1 is 1.30 bits per heavy atom. The summed E-state index contributed by atoms with van der Waals surface area (Å²) in [6, 6.07) is 3.74. The van der Waals surface area contributed by atoms with Gasteiger partial charge in [0.1, 0.15) is 11.6 Å². The zero-order chi connectivity index (χ0) is 14.1. The van der Waals surface area contributed by atoms with E-state index in [2.05, 4.69) is 10.6 Å². The second-order valence-corrected chi connectivity index (χ2v) is 5.83. The lowest BCUT2D eigenvalue weighted by Gasteiger charge is -2.31. The van der Waals surface area contributed by atoms with Crippen molar-refractivity contribution >= 4 is 5.91 Å². The lowest BCUT2D eigenvalue weighted by Crippen LogP contribution is -2.40. The number of carbonyl (C=O) groups is 1. The fourth-order valence-electron chi connectivity index (χ4n) is 3.38. The first-order valence-electron chi connectivity index (χ1n) is 7.13. The molecule has 1 amide bonds. The molecule has 1 unspecified atom stereocenters. The third-order valence-electron chi connectivity index (χ3n) is 4.49. The van der Waals surface area contributed by atoms with Crippen LogP contribution in [0.4, 0.5) is 4.39 Å². The molecule has 1 heterocycles. The van der Waals surface area contributed by atoms with Crippen molar-refractivity contribution in [3.63, 3.8) is 0 Å². The van der Waals surface area contributed by atoms with Gasteiger partial charge >= 0.3 is 0 Å². The van der Waals surface area contributed by atoms with Gasteiger partial charge in [-0.05, 0) is 56.3 Å². The molecule has 5 heteroatoms. The number of benzene rings is 1. The predicted octanol–water partition coefficient (Wildman–Crippen LogP) is 1.65. The van der Waals surface area contributed by atoms with Gasteiger partial charge in [-0.15, -0.1) is 0 Å². The second-order valence-electron chi connectivity index (χ2n) is 5.83. The Kier molecular flexibility index (Phi) is 3.61. The van der Waals surface area contributed by atoms with E-state index in [1.807, 2.05) is 0 Å². The predicted molar refractivity (Wildman–Crippen MR) is 73.0 cm³/mol. The number of carbonyl (C=O) groups excluding carboxylic acids is 1. The molecule has 2 fully saturated rings. The number of aromatic hydroxyl groups is 1. The van der Waals surface area contributed by atoms with Gasteiger partial charge in [0.05, 0.1) is 5.56 Å². The van der Waals surface area contributed by atoms with Gasteiger partial charge in [0, 0.05) is 12.1 Å². The first-order valence-corrected chi connectivity index (χ1v) is 7.13. The van der Waals surface area contributed by atoms with Gasteiger partial charge in [-0.2, -0.15) is 0 Å². The SMILES string of the molecule is O=C(NC1CC[C@H]2CNC[C@H]2C1)c1ccc(O)cc1F. The maximum atomic E-state index is 13.6. The normalized spacial score (nSPS) is 28.9. The van der Waals surface area contributed by atoms with Crippen LogP contribution in [0.5, 0.6) is 5.75 Å². The van der Waals surface area contributed by atoms with Gasteiger partial charge in [-0.25, -0.2) is 4.39 Å². The molecular weight excluding hydrogens is 259 g/mol. The molecule has 0 aromatic heterocycles. The Balaban J connectivity index is 1.64. The van der Waals surface area contributed by atoms with E-state index in [1.54, 1.807) is 0 Å². The maximum Gasteiger partial charge on any atom is 0.254 e. The van der Waals surface area contributed by atoms with E-state index in [9.17, 15) is 9.18 Å². The Bertz CT molecular complexity index is 521. The van der Waals surface area contributed by atoms with Crippen molar-refractivity contribution in [1.29, 1.82) is 0 Å². The molecule has 3 atom stereocenters. The number of phenolic OH excluding ortho intramolecular Hbond substituents is 1. The van der Waals surface area contributed by atoms with Gasteiger partial charge in [-0.3, -0.25) is 4.79 Å². The monoisotopic (exact) mass is 278 g/mol. The average Bonchev–Trinajstić information content (AvgIpc) is 2.85. The maximum absolute atomic E-state index is 13.6. The Morgan fingerprint density at radius 3 is 2.90 bits per heavy atom. The van der Waals surface area contributed by atoms with Crippen molar-refractivity contribution in [3.05, 3.63) is 29.6 Å². The van der Waals surface area contributed by atoms with Crippen LogP contribution in [0.15, 0.2) is 18.2 Å². The largest absolute Gasteiger partial charge is 0.508 e. The summed E-state index contributed by atoms with van der Waals surface area (Å²) in [5, 5.41) is 15.5. The summed E-state index contributed by atoms with van der Waals surface area (Å²) in [4.78, 5) is 12.1. The van der Waals surface area contributed by atoms with Crippen LogP contribution in [0.25, 0.3) is 0 Å². The molecule has 108 valence electrons. The van der Waals surface area contributed by atoms with Crippen molar-refractivity contribution in [1.82, 2.24) is 10.6 Å². The highest BCUT2D eigenvalue weighted by Gasteiger charge is 2.34. The van der Waals surface area contributed by atoms with Crippen LogP contribution in [-0.2, 0) is 0 Å². The highest BCUT2D eigenvalue weighted by Crippen LogP contribution is 2.32. The molecule has 2 aliphatic rings. The summed E-state index contributed by atoms with van der Waals surface area (Å²) in [5.74, 6) is 0.111. The van der Waals surface area contributed by atoms with E-state index in [0.29, 0.717) is 5.92 Å². The van der Waals surface area contributed by atoms with Crippen LogP contribution in [0, 0.1) is 17.7 Å². The Labute approximate surface area is 117 Å². The van der Waals surface area contributed by atoms with E-state index in [4.69, 9.17) is 5.11 Å². The summed E-state index contributed by atoms with van der Waals surface area (Å²) >= 11 is 0. The van der Waals surface area contributed by atoms with E-state index in [1.165, 1.54) is 12.1 Å². The molecular formula is C15H19FN2O2. The average molecular weight is 278 g/mol. The van der Waals surface area contributed by atoms with E-state index >= 15 is 0 Å². The van der Waals surface area contributed by atoms with Crippen molar-refractivity contribution < 1.29 is 14.3 Å². The Hall–Kier alpha value is -1.62. The van der Waals surface area contributed by atoms with Crippen LogP contribution >= 0.6 is 0 Å². The highest BCUT2D eigenvalue weighted by molar-refractivity contribution is 5.94. The van der Waals surface area contributed by atoms with Crippen molar-refractivity contribution in [3.8, 4) is 5.75 Å². The molecule has 1 saturated carbocycles. The van der Waals surface area contributed by atoms with Gasteiger partial charge in [-0.1, -0.05) is 0 Å². The summed E-state index contributed by atoms with van der Waals surface area (Å²) < 4.78 is 13.6. The minimum atomic E-state index is -0.682. The molecule has 0 bridgehead atoms. The van der Waals surface area contributed by atoms with E-state index < -0.39 is 11.7 Å². The van der Waals surface area contributed by atoms with Crippen LogP contribution in [0.1, 0.15) is 29.6 Å².